The van der Waals surface area contributed by atoms with E-state index in [9.17, 15) is 4.39 Å². The van der Waals surface area contributed by atoms with E-state index in [2.05, 4.69) is 5.32 Å². The summed E-state index contributed by atoms with van der Waals surface area (Å²) in [5.74, 6) is 2.47. The van der Waals surface area contributed by atoms with Crippen LogP contribution in [0.2, 0.25) is 0 Å². The Morgan fingerprint density at radius 2 is 2.05 bits per heavy atom. The molecule has 0 spiro atoms. The normalized spacial score (nSPS) is 20.0. The topological polar surface area (TPSA) is 30.5 Å². The zero-order valence-electron chi connectivity index (χ0n) is 12.8. The SMILES string of the molecule is COc1ccc(F)cc1C1CC1CNCc1sccc1OC. The lowest BCUT2D eigenvalue weighted by Crippen LogP contribution is -2.16. The van der Waals surface area contributed by atoms with Crippen LogP contribution in [-0.2, 0) is 6.54 Å². The molecule has 118 valence electrons. The zero-order valence-corrected chi connectivity index (χ0v) is 13.6. The number of hydrogen-bond acceptors (Lipinski definition) is 4. The Morgan fingerprint density at radius 3 is 2.82 bits per heavy atom. The highest BCUT2D eigenvalue weighted by molar-refractivity contribution is 7.10. The minimum absolute atomic E-state index is 0.197. The Balaban J connectivity index is 1.54. The second-order valence-electron chi connectivity index (χ2n) is 5.53. The van der Waals surface area contributed by atoms with E-state index in [0.717, 1.165) is 36.6 Å². The molecule has 3 nitrogen and oxygen atoms in total. The summed E-state index contributed by atoms with van der Waals surface area (Å²) in [5.41, 5.74) is 0.989. The number of nitrogens with one attached hydrogen (secondary N) is 1. The van der Waals surface area contributed by atoms with Crippen molar-refractivity contribution in [2.45, 2.75) is 18.9 Å². The van der Waals surface area contributed by atoms with Crippen LogP contribution in [0.4, 0.5) is 4.39 Å². The monoisotopic (exact) mass is 321 g/mol. The van der Waals surface area contributed by atoms with Crippen molar-refractivity contribution in [1.29, 1.82) is 0 Å². The number of rotatable bonds is 7. The summed E-state index contributed by atoms with van der Waals surface area (Å²) < 4.78 is 24.1. The third kappa shape index (κ3) is 3.25. The molecule has 0 amide bonds. The van der Waals surface area contributed by atoms with E-state index in [0.29, 0.717) is 11.8 Å². The summed E-state index contributed by atoms with van der Waals surface area (Å²) in [6.45, 7) is 1.73. The zero-order chi connectivity index (χ0) is 15.5. The van der Waals surface area contributed by atoms with Crippen molar-refractivity contribution in [3.05, 3.63) is 45.9 Å². The molecular formula is C17H20FNO2S. The molecule has 1 aliphatic rings. The van der Waals surface area contributed by atoms with Crippen molar-refractivity contribution in [3.63, 3.8) is 0 Å². The maximum atomic E-state index is 13.4. The van der Waals surface area contributed by atoms with Crippen molar-refractivity contribution in [3.8, 4) is 11.5 Å². The number of benzene rings is 1. The van der Waals surface area contributed by atoms with Crippen molar-refractivity contribution < 1.29 is 13.9 Å². The third-order valence-electron chi connectivity index (χ3n) is 4.13. The quantitative estimate of drug-likeness (QED) is 0.841. The fourth-order valence-corrected chi connectivity index (χ4v) is 3.67. The molecule has 0 radical (unpaired) electrons. The summed E-state index contributed by atoms with van der Waals surface area (Å²) in [6, 6.07) is 6.75. The molecule has 0 bridgehead atoms. The number of hydrogen-bond donors (Lipinski definition) is 1. The highest BCUT2D eigenvalue weighted by Gasteiger charge is 2.39. The lowest BCUT2D eigenvalue weighted by molar-refractivity contribution is 0.407. The highest BCUT2D eigenvalue weighted by atomic mass is 32.1. The van der Waals surface area contributed by atoms with E-state index in [1.165, 1.54) is 10.9 Å². The van der Waals surface area contributed by atoms with Crippen LogP contribution >= 0.6 is 11.3 Å². The fourth-order valence-electron chi connectivity index (χ4n) is 2.86. The van der Waals surface area contributed by atoms with Crippen molar-refractivity contribution in [2.75, 3.05) is 20.8 Å². The van der Waals surface area contributed by atoms with Crippen molar-refractivity contribution in [2.24, 2.45) is 5.92 Å². The molecule has 1 N–H and O–H groups in total. The molecule has 2 atom stereocenters. The van der Waals surface area contributed by atoms with Gasteiger partial charge < -0.3 is 14.8 Å². The molecule has 0 saturated heterocycles. The predicted molar refractivity (Wildman–Crippen MR) is 86.4 cm³/mol. The average molecular weight is 321 g/mol. The third-order valence-corrected chi connectivity index (χ3v) is 5.03. The molecule has 22 heavy (non-hydrogen) atoms. The molecule has 2 unspecified atom stereocenters. The van der Waals surface area contributed by atoms with E-state index in [4.69, 9.17) is 9.47 Å². The Kier molecular flexibility index (Phi) is 4.64. The molecule has 0 aliphatic heterocycles. The van der Waals surface area contributed by atoms with Gasteiger partial charge in [-0.1, -0.05) is 0 Å². The first-order chi connectivity index (χ1) is 10.7. The van der Waals surface area contributed by atoms with Crippen LogP contribution in [0, 0.1) is 11.7 Å². The number of halogens is 1. The Labute approximate surface area is 134 Å². The molecule has 1 aliphatic carbocycles. The van der Waals surface area contributed by atoms with Gasteiger partial charge in [-0.3, -0.25) is 0 Å². The van der Waals surface area contributed by atoms with Crippen molar-refractivity contribution in [1.82, 2.24) is 5.32 Å². The van der Waals surface area contributed by atoms with Crippen LogP contribution in [0.1, 0.15) is 22.8 Å². The van der Waals surface area contributed by atoms with Gasteiger partial charge in [0.15, 0.2) is 0 Å². The van der Waals surface area contributed by atoms with Gasteiger partial charge in [0.25, 0.3) is 0 Å². The lowest BCUT2D eigenvalue weighted by Gasteiger charge is -2.09. The van der Waals surface area contributed by atoms with Crippen LogP contribution in [0.3, 0.4) is 0 Å². The van der Waals surface area contributed by atoms with Crippen LogP contribution in [0.5, 0.6) is 11.5 Å². The maximum Gasteiger partial charge on any atom is 0.134 e. The lowest BCUT2D eigenvalue weighted by atomic mass is 10.1. The first-order valence-electron chi connectivity index (χ1n) is 7.37. The Hall–Kier alpha value is -1.59. The first kappa shape index (κ1) is 15.3. The Morgan fingerprint density at radius 1 is 1.23 bits per heavy atom. The van der Waals surface area contributed by atoms with Gasteiger partial charge in [0, 0.05) is 12.1 Å². The van der Waals surface area contributed by atoms with Crippen LogP contribution in [0.25, 0.3) is 0 Å². The van der Waals surface area contributed by atoms with Gasteiger partial charge in [0.1, 0.15) is 17.3 Å². The van der Waals surface area contributed by atoms with Gasteiger partial charge in [-0.25, -0.2) is 4.39 Å². The molecular weight excluding hydrogens is 301 g/mol. The average Bonchev–Trinajstić information content (AvgIpc) is 3.15. The van der Waals surface area contributed by atoms with E-state index < -0.39 is 0 Å². The van der Waals surface area contributed by atoms with Crippen molar-refractivity contribution >= 4 is 11.3 Å². The molecule has 2 aromatic rings. The minimum atomic E-state index is -0.197. The molecule has 5 heteroatoms. The van der Waals surface area contributed by atoms with E-state index >= 15 is 0 Å². The van der Waals surface area contributed by atoms with E-state index in [1.54, 1.807) is 37.7 Å². The number of ether oxygens (including phenoxy) is 2. The minimum Gasteiger partial charge on any atom is -0.496 e. The van der Waals surface area contributed by atoms with Crippen LogP contribution < -0.4 is 14.8 Å². The smallest absolute Gasteiger partial charge is 0.134 e. The second kappa shape index (κ2) is 6.67. The fraction of sp³-hybridized carbons (Fsp3) is 0.412. The maximum absolute atomic E-state index is 13.4. The molecule has 3 rings (SSSR count). The van der Waals surface area contributed by atoms with Gasteiger partial charge in [0.05, 0.1) is 19.1 Å². The van der Waals surface area contributed by atoms with Gasteiger partial charge in [-0.2, -0.15) is 0 Å². The van der Waals surface area contributed by atoms with E-state index in [1.807, 2.05) is 11.4 Å². The summed E-state index contributed by atoms with van der Waals surface area (Å²) >= 11 is 1.69. The van der Waals surface area contributed by atoms with Crippen LogP contribution in [0.15, 0.2) is 29.6 Å². The first-order valence-corrected chi connectivity index (χ1v) is 8.25. The summed E-state index contributed by atoms with van der Waals surface area (Å²) in [7, 11) is 3.33. The molecule has 1 aromatic carbocycles. The van der Waals surface area contributed by atoms with Gasteiger partial charge in [-0.15, -0.1) is 11.3 Å². The largest absolute Gasteiger partial charge is 0.496 e. The van der Waals surface area contributed by atoms with E-state index in [-0.39, 0.29) is 5.82 Å². The molecule has 1 heterocycles. The van der Waals surface area contributed by atoms with Crippen LogP contribution in [-0.4, -0.2) is 20.8 Å². The highest BCUT2D eigenvalue weighted by Crippen LogP contribution is 2.50. The Bertz CT molecular complexity index is 643. The second-order valence-corrected chi connectivity index (χ2v) is 6.53. The summed E-state index contributed by atoms with van der Waals surface area (Å²) in [4.78, 5) is 1.21. The summed E-state index contributed by atoms with van der Waals surface area (Å²) in [6.07, 6.45) is 1.08. The van der Waals surface area contributed by atoms with Gasteiger partial charge in [-0.05, 0) is 54.4 Å². The molecule has 1 aromatic heterocycles. The standard InChI is InChI=1S/C17H20FNO2S/c1-20-15-4-3-12(18)8-14(15)13-7-11(13)9-19-10-17-16(21-2)5-6-22-17/h3-6,8,11,13,19H,7,9-10H2,1-2H3. The summed E-state index contributed by atoms with van der Waals surface area (Å²) in [5, 5.41) is 5.51. The predicted octanol–water partition coefficient (Wildman–Crippen LogP) is 3.80. The van der Waals surface area contributed by atoms with Gasteiger partial charge in [0.2, 0.25) is 0 Å². The molecule has 1 saturated carbocycles. The number of thiophene rings is 1. The number of methoxy groups -OCH3 is 2. The van der Waals surface area contributed by atoms with Gasteiger partial charge >= 0.3 is 0 Å². The molecule has 1 fully saturated rings.